The van der Waals surface area contributed by atoms with Crippen LogP contribution in [0.15, 0.2) is 84.9 Å². The first-order chi connectivity index (χ1) is 14.2. The number of fused-ring (bicyclic) bond motifs is 2. The lowest BCUT2D eigenvalue weighted by atomic mass is 9.95. The highest BCUT2D eigenvalue weighted by molar-refractivity contribution is 6.15. The Morgan fingerprint density at radius 1 is 0.931 bits per heavy atom. The SMILES string of the molecule is CC1CCc2ccccc2N1C(=O)c1cc(-c2ccccc2)nc2ccccc12. The fraction of sp³-hybridized carbons (Fsp3) is 0.154. The van der Waals surface area contributed by atoms with E-state index in [4.69, 9.17) is 4.98 Å². The molecule has 1 atom stereocenters. The van der Waals surface area contributed by atoms with Crippen molar-refractivity contribution in [3.05, 3.63) is 96.1 Å². The number of benzene rings is 3. The first-order valence-corrected chi connectivity index (χ1v) is 10.1. The highest BCUT2D eigenvalue weighted by Gasteiger charge is 2.30. The van der Waals surface area contributed by atoms with Crippen LogP contribution in [0.3, 0.4) is 0 Å². The molecule has 29 heavy (non-hydrogen) atoms. The normalized spacial score (nSPS) is 15.9. The molecule has 0 radical (unpaired) electrons. The van der Waals surface area contributed by atoms with Gasteiger partial charge in [0, 0.05) is 22.7 Å². The molecule has 0 spiro atoms. The number of aromatic nitrogens is 1. The molecule has 4 aromatic rings. The van der Waals surface area contributed by atoms with E-state index in [0.717, 1.165) is 40.7 Å². The maximum atomic E-state index is 13.9. The third kappa shape index (κ3) is 3.09. The van der Waals surface area contributed by atoms with Crippen molar-refractivity contribution in [3.8, 4) is 11.3 Å². The molecule has 1 unspecified atom stereocenters. The number of amides is 1. The van der Waals surface area contributed by atoms with Gasteiger partial charge >= 0.3 is 0 Å². The second kappa shape index (κ2) is 7.17. The average molecular weight is 378 g/mol. The van der Waals surface area contributed by atoms with Crippen LogP contribution in [0.4, 0.5) is 5.69 Å². The number of carbonyl (C=O) groups is 1. The van der Waals surface area contributed by atoms with Gasteiger partial charge < -0.3 is 4.90 Å². The summed E-state index contributed by atoms with van der Waals surface area (Å²) in [4.78, 5) is 20.7. The molecule has 3 heteroatoms. The van der Waals surface area contributed by atoms with Crippen molar-refractivity contribution in [1.29, 1.82) is 0 Å². The third-order valence-electron chi connectivity index (χ3n) is 5.76. The van der Waals surface area contributed by atoms with E-state index >= 15 is 0 Å². The van der Waals surface area contributed by atoms with Crippen LogP contribution in [0.2, 0.25) is 0 Å². The van der Waals surface area contributed by atoms with Crippen molar-refractivity contribution < 1.29 is 4.79 Å². The number of hydrogen-bond donors (Lipinski definition) is 0. The van der Waals surface area contributed by atoms with Gasteiger partial charge in [0.15, 0.2) is 0 Å². The highest BCUT2D eigenvalue weighted by atomic mass is 16.2. The fourth-order valence-corrected chi connectivity index (χ4v) is 4.24. The maximum Gasteiger partial charge on any atom is 0.259 e. The second-order valence-electron chi connectivity index (χ2n) is 7.63. The summed E-state index contributed by atoms with van der Waals surface area (Å²) in [7, 11) is 0. The van der Waals surface area contributed by atoms with Gasteiger partial charge in [-0.25, -0.2) is 4.98 Å². The second-order valence-corrected chi connectivity index (χ2v) is 7.63. The lowest BCUT2D eigenvalue weighted by Crippen LogP contribution is -2.42. The largest absolute Gasteiger partial charge is 0.305 e. The summed E-state index contributed by atoms with van der Waals surface area (Å²) < 4.78 is 0. The quantitative estimate of drug-likeness (QED) is 0.436. The molecule has 1 aliphatic heterocycles. The molecule has 1 amide bonds. The van der Waals surface area contributed by atoms with E-state index in [2.05, 4.69) is 19.1 Å². The summed E-state index contributed by atoms with van der Waals surface area (Å²) >= 11 is 0. The topological polar surface area (TPSA) is 33.2 Å². The first-order valence-electron chi connectivity index (χ1n) is 10.1. The van der Waals surface area contributed by atoms with Crippen LogP contribution in [0.25, 0.3) is 22.2 Å². The van der Waals surface area contributed by atoms with Gasteiger partial charge in [0.2, 0.25) is 0 Å². The number of hydrogen-bond acceptors (Lipinski definition) is 2. The summed E-state index contributed by atoms with van der Waals surface area (Å²) in [5, 5.41) is 0.896. The van der Waals surface area contributed by atoms with Gasteiger partial charge in [-0.2, -0.15) is 0 Å². The molecular weight excluding hydrogens is 356 g/mol. The number of aryl methyl sites for hydroxylation is 1. The summed E-state index contributed by atoms with van der Waals surface area (Å²) in [5.74, 6) is 0.0421. The first kappa shape index (κ1) is 17.6. The Labute approximate surface area is 170 Å². The predicted octanol–water partition coefficient (Wildman–Crippen LogP) is 5.88. The van der Waals surface area contributed by atoms with Crippen molar-refractivity contribution >= 4 is 22.5 Å². The van der Waals surface area contributed by atoms with Crippen molar-refractivity contribution in [1.82, 2.24) is 4.98 Å². The molecule has 1 aliphatic rings. The lowest BCUT2D eigenvalue weighted by Gasteiger charge is -2.35. The molecule has 0 aliphatic carbocycles. The van der Waals surface area contributed by atoms with Crippen LogP contribution < -0.4 is 4.90 Å². The molecule has 5 rings (SSSR count). The van der Waals surface area contributed by atoms with Crippen molar-refractivity contribution in [2.24, 2.45) is 0 Å². The predicted molar refractivity (Wildman–Crippen MR) is 118 cm³/mol. The lowest BCUT2D eigenvalue weighted by molar-refractivity contribution is 0.0977. The molecule has 3 nitrogen and oxygen atoms in total. The number of pyridine rings is 1. The fourth-order valence-electron chi connectivity index (χ4n) is 4.24. The van der Waals surface area contributed by atoms with Gasteiger partial charge in [0.25, 0.3) is 5.91 Å². The molecule has 0 N–H and O–H groups in total. The minimum atomic E-state index is 0.0421. The van der Waals surface area contributed by atoms with Crippen LogP contribution in [0.5, 0.6) is 0 Å². The van der Waals surface area contributed by atoms with Crippen LogP contribution in [-0.4, -0.2) is 16.9 Å². The van der Waals surface area contributed by atoms with E-state index in [1.807, 2.05) is 77.7 Å². The van der Waals surface area contributed by atoms with Gasteiger partial charge in [0.1, 0.15) is 0 Å². The molecule has 0 bridgehead atoms. The van der Waals surface area contributed by atoms with Gasteiger partial charge in [-0.1, -0.05) is 66.7 Å². The van der Waals surface area contributed by atoms with E-state index in [-0.39, 0.29) is 11.9 Å². The Morgan fingerprint density at radius 2 is 1.66 bits per heavy atom. The molecular formula is C26H22N2O. The summed E-state index contributed by atoms with van der Waals surface area (Å²) in [6.07, 6.45) is 1.98. The van der Waals surface area contributed by atoms with Crippen LogP contribution in [0, 0.1) is 0 Å². The Bertz CT molecular complexity index is 1200. The summed E-state index contributed by atoms with van der Waals surface area (Å²) in [6.45, 7) is 2.13. The van der Waals surface area contributed by atoms with Gasteiger partial charge in [-0.3, -0.25) is 4.79 Å². The standard InChI is InChI=1S/C26H22N2O/c1-18-15-16-20-11-5-8-14-25(20)28(18)26(29)22-17-24(19-9-3-2-4-10-19)27-23-13-7-6-12-21(22)23/h2-14,17-18H,15-16H2,1H3. The molecule has 142 valence electrons. The Balaban J connectivity index is 1.69. The van der Waals surface area contributed by atoms with E-state index in [9.17, 15) is 4.79 Å². The molecule has 3 aromatic carbocycles. The minimum absolute atomic E-state index is 0.0421. The summed E-state index contributed by atoms with van der Waals surface area (Å²) in [5.41, 5.74) is 5.65. The average Bonchev–Trinajstić information content (AvgIpc) is 2.78. The number of para-hydroxylation sites is 2. The molecule has 0 saturated heterocycles. The van der Waals surface area contributed by atoms with Gasteiger partial charge in [0.05, 0.1) is 16.8 Å². The Kier molecular flexibility index (Phi) is 4.36. The Hall–Kier alpha value is -3.46. The minimum Gasteiger partial charge on any atom is -0.305 e. The number of rotatable bonds is 2. The molecule has 0 fully saturated rings. The number of anilines is 1. The number of nitrogens with zero attached hydrogens (tertiary/aromatic N) is 2. The van der Waals surface area contributed by atoms with E-state index in [1.54, 1.807) is 0 Å². The summed E-state index contributed by atoms with van der Waals surface area (Å²) in [6, 6.07) is 28.3. The zero-order valence-electron chi connectivity index (χ0n) is 16.4. The van der Waals surface area contributed by atoms with E-state index in [0.29, 0.717) is 5.56 Å². The van der Waals surface area contributed by atoms with Crippen molar-refractivity contribution in [2.75, 3.05) is 4.90 Å². The zero-order chi connectivity index (χ0) is 19.8. The third-order valence-corrected chi connectivity index (χ3v) is 5.76. The van der Waals surface area contributed by atoms with Gasteiger partial charge in [-0.15, -0.1) is 0 Å². The van der Waals surface area contributed by atoms with Gasteiger partial charge in [-0.05, 0) is 43.5 Å². The molecule has 2 heterocycles. The van der Waals surface area contributed by atoms with Crippen LogP contribution in [-0.2, 0) is 6.42 Å². The monoisotopic (exact) mass is 378 g/mol. The maximum absolute atomic E-state index is 13.9. The van der Waals surface area contributed by atoms with Crippen molar-refractivity contribution in [3.63, 3.8) is 0 Å². The van der Waals surface area contributed by atoms with Crippen LogP contribution >= 0.6 is 0 Å². The Morgan fingerprint density at radius 3 is 2.52 bits per heavy atom. The molecule has 1 aromatic heterocycles. The van der Waals surface area contributed by atoms with Crippen molar-refractivity contribution in [2.45, 2.75) is 25.8 Å². The van der Waals surface area contributed by atoms with E-state index in [1.165, 1.54) is 5.56 Å². The number of carbonyl (C=O) groups excluding carboxylic acids is 1. The highest BCUT2D eigenvalue weighted by Crippen LogP contribution is 2.34. The van der Waals surface area contributed by atoms with Crippen LogP contribution in [0.1, 0.15) is 29.3 Å². The van der Waals surface area contributed by atoms with E-state index < -0.39 is 0 Å². The zero-order valence-corrected chi connectivity index (χ0v) is 16.4. The smallest absolute Gasteiger partial charge is 0.259 e. The molecule has 0 saturated carbocycles.